The number of pyridine rings is 1. The molecule has 0 spiro atoms. The molecule has 0 atom stereocenters. The summed E-state index contributed by atoms with van der Waals surface area (Å²) in [5, 5.41) is 14.9. The Morgan fingerprint density at radius 1 is 1.26 bits per heavy atom. The van der Waals surface area contributed by atoms with Gasteiger partial charge in [-0.05, 0) is 36.8 Å². The van der Waals surface area contributed by atoms with Crippen LogP contribution in [0.4, 0.5) is 11.5 Å². The monoisotopic (exact) mass is 308 g/mol. The Kier molecular flexibility index (Phi) is 6.13. The molecule has 5 heteroatoms. The van der Waals surface area contributed by atoms with E-state index < -0.39 is 0 Å². The van der Waals surface area contributed by atoms with E-state index in [-0.39, 0.29) is 5.91 Å². The van der Waals surface area contributed by atoms with Crippen molar-refractivity contribution in [2.45, 2.75) is 26.2 Å². The highest BCUT2D eigenvalue weighted by Crippen LogP contribution is 2.16. The molecule has 0 fully saturated rings. The van der Waals surface area contributed by atoms with E-state index in [1.807, 2.05) is 6.07 Å². The van der Waals surface area contributed by atoms with Crippen LogP contribution in [0.3, 0.4) is 0 Å². The van der Waals surface area contributed by atoms with Crippen LogP contribution < -0.4 is 10.6 Å². The third kappa shape index (κ3) is 5.11. The van der Waals surface area contributed by atoms with Crippen LogP contribution in [-0.4, -0.2) is 17.4 Å². The average molecular weight is 308 g/mol. The molecule has 0 aliphatic heterocycles. The first-order valence-electron chi connectivity index (χ1n) is 7.74. The number of nitrogens with one attached hydrogen (secondary N) is 2. The van der Waals surface area contributed by atoms with Crippen molar-refractivity contribution in [2.75, 3.05) is 11.9 Å². The van der Waals surface area contributed by atoms with Gasteiger partial charge in [0.25, 0.3) is 5.91 Å². The molecule has 0 radical (unpaired) electrons. The van der Waals surface area contributed by atoms with Crippen molar-refractivity contribution in [1.82, 2.24) is 10.3 Å². The fourth-order valence-electron chi connectivity index (χ4n) is 2.10. The molecule has 0 bridgehead atoms. The van der Waals surface area contributed by atoms with Crippen molar-refractivity contribution < 1.29 is 4.79 Å². The van der Waals surface area contributed by atoms with Gasteiger partial charge >= 0.3 is 0 Å². The Morgan fingerprint density at radius 2 is 2.13 bits per heavy atom. The van der Waals surface area contributed by atoms with E-state index in [1.54, 1.807) is 36.5 Å². The second kappa shape index (κ2) is 8.54. The second-order valence-electron chi connectivity index (χ2n) is 5.21. The van der Waals surface area contributed by atoms with Crippen LogP contribution in [0, 0.1) is 11.3 Å². The van der Waals surface area contributed by atoms with E-state index in [4.69, 9.17) is 5.26 Å². The van der Waals surface area contributed by atoms with Gasteiger partial charge < -0.3 is 10.6 Å². The summed E-state index contributed by atoms with van der Waals surface area (Å²) < 4.78 is 0. The zero-order valence-corrected chi connectivity index (χ0v) is 13.2. The molecule has 5 nitrogen and oxygen atoms in total. The zero-order chi connectivity index (χ0) is 16.5. The topological polar surface area (TPSA) is 77.8 Å². The van der Waals surface area contributed by atoms with Crippen LogP contribution in [0.5, 0.6) is 0 Å². The lowest BCUT2D eigenvalue weighted by Crippen LogP contribution is -2.24. The third-order valence-electron chi connectivity index (χ3n) is 3.36. The number of benzene rings is 1. The maximum absolute atomic E-state index is 12.0. The molecule has 0 unspecified atom stereocenters. The number of rotatable bonds is 7. The summed E-state index contributed by atoms with van der Waals surface area (Å²) in [5.74, 6) is 0.522. The van der Waals surface area contributed by atoms with Crippen LogP contribution in [0.1, 0.15) is 42.1 Å². The Balaban J connectivity index is 1.93. The maximum Gasteiger partial charge on any atom is 0.252 e. The van der Waals surface area contributed by atoms with Crippen molar-refractivity contribution in [2.24, 2.45) is 0 Å². The molecule has 2 rings (SSSR count). The molecule has 1 amide bonds. The van der Waals surface area contributed by atoms with Crippen molar-refractivity contribution in [1.29, 1.82) is 5.26 Å². The number of nitriles is 1. The molecule has 1 aromatic heterocycles. The van der Waals surface area contributed by atoms with Gasteiger partial charge in [-0.1, -0.05) is 25.8 Å². The maximum atomic E-state index is 12.0. The highest BCUT2D eigenvalue weighted by Gasteiger charge is 2.05. The Morgan fingerprint density at radius 3 is 2.83 bits per heavy atom. The van der Waals surface area contributed by atoms with Gasteiger partial charge in [0.15, 0.2) is 0 Å². The largest absolute Gasteiger partial charge is 0.352 e. The van der Waals surface area contributed by atoms with E-state index >= 15 is 0 Å². The Hall–Kier alpha value is -2.87. The van der Waals surface area contributed by atoms with Gasteiger partial charge in [0.1, 0.15) is 5.82 Å². The highest BCUT2D eigenvalue weighted by molar-refractivity contribution is 5.94. The summed E-state index contributed by atoms with van der Waals surface area (Å²) in [6.07, 6.45) is 4.78. The van der Waals surface area contributed by atoms with Gasteiger partial charge in [-0.25, -0.2) is 4.98 Å². The number of amides is 1. The first kappa shape index (κ1) is 16.5. The Bertz CT molecular complexity index is 689. The predicted molar refractivity (Wildman–Crippen MR) is 90.5 cm³/mol. The molecule has 0 aliphatic carbocycles. The fraction of sp³-hybridized carbons (Fsp3) is 0.278. The van der Waals surface area contributed by atoms with Gasteiger partial charge in [-0.3, -0.25) is 4.79 Å². The molecule has 118 valence electrons. The number of hydrogen-bond acceptors (Lipinski definition) is 4. The standard InChI is InChI=1S/C18H20N4O/c1-2-3-4-10-20-18(23)15-8-9-17(21-13-15)22-16-7-5-6-14(11-16)12-19/h5-9,11,13H,2-4,10H2,1H3,(H,20,23)(H,21,22). The number of nitrogens with zero attached hydrogens (tertiary/aromatic N) is 2. The third-order valence-corrected chi connectivity index (χ3v) is 3.36. The minimum Gasteiger partial charge on any atom is -0.352 e. The summed E-state index contributed by atoms with van der Waals surface area (Å²) in [7, 11) is 0. The minimum absolute atomic E-state index is 0.105. The Labute approximate surface area is 136 Å². The van der Waals surface area contributed by atoms with E-state index in [0.29, 0.717) is 23.5 Å². The van der Waals surface area contributed by atoms with Crippen molar-refractivity contribution in [3.8, 4) is 6.07 Å². The molecular formula is C18H20N4O. The summed E-state index contributed by atoms with van der Waals surface area (Å²) >= 11 is 0. The van der Waals surface area contributed by atoms with Crippen LogP contribution in [0.25, 0.3) is 0 Å². The predicted octanol–water partition coefficient (Wildman–Crippen LogP) is 3.62. The molecular weight excluding hydrogens is 288 g/mol. The van der Waals surface area contributed by atoms with Crippen LogP contribution >= 0.6 is 0 Å². The summed E-state index contributed by atoms with van der Waals surface area (Å²) in [5.41, 5.74) is 1.91. The molecule has 23 heavy (non-hydrogen) atoms. The smallest absolute Gasteiger partial charge is 0.252 e. The molecule has 0 saturated carbocycles. The van der Waals surface area contributed by atoms with Crippen LogP contribution in [0.2, 0.25) is 0 Å². The second-order valence-corrected chi connectivity index (χ2v) is 5.21. The molecule has 0 aliphatic rings. The van der Waals surface area contributed by atoms with E-state index in [2.05, 4.69) is 28.6 Å². The lowest BCUT2D eigenvalue weighted by Gasteiger charge is -2.07. The quantitative estimate of drug-likeness (QED) is 0.766. The van der Waals surface area contributed by atoms with Gasteiger partial charge in [0.05, 0.1) is 17.2 Å². The first-order valence-corrected chi connectivity index (χ1v) is 7.74. The first-order chi connectivity index (χ1) is 11.2. The number of unbranched alkanes of at least 4 members (excludes halogenated alkanes) is 2. The highest BCUT2D eigenvalue weighted by atomic mass is 16.1. The molecule has 2 N–H and O–H groups in total. The minimum atomic E-state index is -0.105. The molecule has 1 heterocycles. The van der Waals surface area contributed by atoms with Crippen LogP contribution in [-0.2, 0) is 0 Å². The van der Waals surface area contributed by atoms with Crippen LogP contribution in [0.15, 0.2) is 42.6 Å². The number of aromatic nitrogens is 1. The van der Waals surface area contributed by atoms with E-state index in [0.717, 1.165) is 24.9 Å². The summed E-state index contributed by atoms with van der Waals surface area (Å²) in [4.78, 5) is 16.2. The SMILES string of the molecule is CCCCCNC(=O)c1ccc(Nc2cccc(C#N)c2)nc1. The van der Waals surface area contributed by atoms with Gasteiger partial charge in [0.2, 0.25) is 0 Å². The van der Waals surface area contributed by atoms with Crippen molar-refractivity contribution in [3.63, 3.8) is 0 Å². The lowest BCUT2D eigenvalue weighted by atomic mass is 10.2. The average Bonchev–Trinajstić information content (AvgIpc) is 2.59. The normalized spacial score (nSPS) is 9.91. The lowest BCUT2D eigenvalue weighted by molar-refractivity contribution is 0.0952. The van der Waals surface area contributed by atoms with Gasteiger partial charge in [-0.2, -0.15) is 5.26 Å². The number of carbonyl (C=O) groups is 1. The number of hydrogen-bond donors (Lipinski definition) is 2. The van der Waals surface area contributed by atoms with E-state index in [1.165, 1.54) is 0 Å². The van der Waals surface area contributed by atoms with E-state index in [9.17, 15) is 4.79 Å². The fourth-order valence-corrected chi connectivity index (χ4v) is 2.10. The summed E-state index contributed by atoms with van der Waals surface area (Å²) in [6, 6.07) is 12.7. The van der Waals surface area contributed by atoms with Crippen molar-refractivity contribution in [3.05, 3.63) is 53.7 Å². The number of carbonyl (C=O) groups excluding carboxylic acids is 1. The zero-order valence-electron chi connectivity index (χ0n) is 13.2. The molecule has 2 aromatic rings. The molecule has 0 saturated heterocycles. The molecule has 1 aromatic carbocycles. The number of anilines is 2. The summed E-state index contributed by atoms with van der Waals surface area (Å²) in [6.45, 7) is 2.82. The van der Waals surface area contributed by atoms with Crippen molar-refractivity contribution >= 4 is 17.4 Å². The van der Waals surface area contributed by atoms with Gasteiger partial charge in [0, 0.05) is 18.4 Å². The van der Waals surface area contributed by atoms with Gasteiger partial charge in [-0.15, -0.1) is 0 Å².